The Morgan fingerprint density at radius 3 is 2.18 bits per heavy atom. The van der Waals surface area contributed by atoms with Crippen LogP contribution in [0, 0.1) is 11.6 Å². The highest BCUT2D eigenvalue weighted by molar-refractivity contribution is 5.95. The first-order chi connectivity index (χ1) is 16.1. The summed E-state index contributed by atoms with van der Waals surface area (Å²) in [6, 6.07) is 10.8. The van der Waals surface area contributed by atoms with E-state index >= 15 is 0 Å². The Bertz CT molecular complexity index is 1020. The van der Waals surface area contributed by atoms with Crippen molar-refractivity contribution in [2.75, 3.05) is 26.2 Å². The van der Waals surface area contributed by atoms with Crippen LogP contribution in [0.1, 0.15) is 36.0 Å². The maximum atomic E-state index is 14.7. The lowest BCUT2D eigenvalue weighted by Gasteiger charge is -2.28. The maximum Gasteiger partial charge on any atom is 0.490 e. The van der Waals surface area contributed by atoms with Gasteiger partial charge in [0, 0.05) is 24.7 Å². The van der Waals surface area contributed by atoms with E-state index in [1.165, 1.54) is 31.0 Å². The molecule has 10 heteroatoms. The van der Waals surface area contributed by atoms with Crippen LogP contribution in [-0.4, -0.2) is 65.2 Å². The van der Waals surface area contributed by atoms with Crippen molar-refractivity contribution in [2.24, 2.45) is 0 Å². The molecule has 0 aliphatic carbocycles. The molecule has 5 nitrogen and oxygen atoms in total. The number of hydrogen-bond acceptors (Lipinski definition) is 3. The molecular formula is C24H25F5N2O3. The first-order valence-electron chi connectivity index (χ1n) is 11.0. The summed E-state index contributed by atoms with van der Waals surface area (Å²) < 4.78 is 60.4. The number of benzene rings is 2. The zero-order valence-electron chi connectivity index (χ0n) is 18.3. The van der Waals surface area contributed by atoms with E-state index in [2.05, 4.69) is 4.90 Å². The number of carboxylic acid groups (broad SMARTS) is 1. The van der Waals surface area contributed by atoms with Crippen LogP contribution in [0.25, 0.3) is 11.1 Å². The lowest BCUT2D eigenvalue weighted by molar-refractivity contribution is -0.192. The van der Waals surface area contributed by atoms with Gasteiger partial charge >= 0.3 is 12.1 Å². The normalized spacial score (nSPS) is 18.5. The summed E-state index contributed by atoms with van der Waals surface area (Å²) in [7, 11) is 0. The summed E-state index contributed by atoms with van der Waals surface area (Å²) in [5, 5.41) is 7.12. The molecule has 1 N–H and O–H groups in total. The fourth-order valence-electron chi connectivity index (χ4n) is 4.26. The Morgan fingerprint density at radius 1 is 0.941 bits per heavy atom. The van der Waals surface area contributed by atoms with E-state index in [0.717, 1.165) is 32.5 Å². The van der Waals surface area contributed by atoms with Crippen LogP contribution in [-0.2, 0) is 4.79 Å². The molecule has 2 aliphatic heterocycles. The van der Waals surface area contributed by atoms with Crippen LogP contribution in [0.3, 0.4) is 0 Å². The Kier molecular flexibility index (Phi) is 8.24. The zero-order chi connectivity index (χ0) is 24.9. The first-order valence-corrected chi connectivity index (χ1v) is 11.0. The highest BCUT2D eigenvalue weighted by atomic mass is 19.4. The zero-order valence-corrected chi connectivity index (χ0v) is 18.3. The van der Waals surface area contributed by atoms with Gasteiger partial charge in [0.15, 0.2) is 0 Å². The molecule has 2 heterocycles. The average Bonchev–Trinajstić information content (AvgIpc) is 3.46. The average molecular weight is 484 g/mol. The quantitative estimate of drug-likeness (QED) is 0.623. The number of halogens is 5. The number of amides is 1. The van der Waals surface area contributed by atoms with Gasteiger partial charge < -0.3 is 14.9 Å². The molecule has 1 atom stereocenters. The van der Waals surface area contributed by atoms with Crippen molar-refractivity contribution in [1.82, 2.24) is 9.80 Å². The van der Waals surface area contributed by atoms with Crippen LogP contribution in [0.2, 0.25) is 0 Å². The largest absolute Gasteiger partial charge is 0.490 e. The maximum absolute atomic E-state index is 14.7. The van der Waals surface area contributed by atoms with Crippen LogP contribution < -0.4 is 0 Å². The highest BCUT2D eigenvalue weighted by Gasteiger charge is 2.38. The second kappa shape index (κ2) is 10.9. The van der Waals surface area contributed by atoms with Gasteiger partial charge in [-0.15, -0.1) is 0 Å². The SMILES string of the molecule is O=C(O)C(F)(F)F.O=C(c1ccc(-c2ccccc2F)cc1F)N1CCC[C@H]1CN1CCCC1. The number of carbonyl (C=O) groups excluding carboxylic acids is 1. The minimum atomic E-state index is -5.08. The second-order valence-corrected chi connectivity index (χ2v) is 8.28. The molecule has 0 bridgehead atoms. The molecule has 2 aliphatic rings. The van der Waals surface area contributed by atoms with Crippen LogP contribution in [0.4, 0.5) is 22.0 Å². The Balaban J connectivity index is 0.000000406. The summed E-state index contributed by atoms with van der Waals surface area (Å²) in [5.74, 6) is -4.00. The van der Waals surface area contributed by atoms with Gasteiger partial charge in [-0.25, -0.2) is 13.6 Å². The van der Waals surface area contributed by atoms with Crippen molar-refractivity contribution in [3.63, 3.8) is 0 Å². The third-order valence-corrected chi connectivity index (χ3v) is 5.93. The monoisotopic (exact) mass is 484 g/mol. The van der Waals surface area contributed by atoms with E-state index in [1.54, 1.807) is 24.3 Å². The van der Waals surface area contributed by atoms with E-state index < -0.39 is 23.8 Å². The van der Waals surface area contributed by atoms with Crippen molar-refractivity contribution in [1.29, 1.82) is 0 Å². The van der Waals surface area contributed by atoms with Crippen LogP contribution >= 0.6 is 0 Å². The molecule has 0 aromatic heterocycles. The predicted molar refractivity (Wildman–Crippen MR) is 115 cm³/mol. The van der Waals surface area contributed by atoms with Crippen molar-refractivity contribution < 1.29 is 36.6 Å². The molecule has 184 valence electrons. The number of carboxylic acids is 1. The minimum Gasteiger partial charge on any atom is -0.475 e. The van der Waals surface area contributed by atoms with E-state index in [9.17, 15) is 26.7 Å². The van der Waals surface area contributed by atoms with Crippen molar-refractivity contribution in [3.05, 3.63) is 59.7 Å². The van der Waals surface area contributed by atoms with Gasteiger partial charge in [0.25, 0.3) is 5.91 Å². The van der Waals surface area contributed by atoms with Crippen LogP contribution in [0.15, 0.2) is 42.5 Å². The van der Waals surface area contributed by atoms with Crippen molar-refractivity contribution in [3.8, 4) is 11.1 Å². The Morgan fingerprint density at radius 2 is 1.59 bits per heavy atom. The molecule has 4 rings (SSSR count). The smallest absolute Gasteiger partial charge is 0.475 e. The van der Waals surface area contributed by atoms with Gasteiger partial charge in [-0.05, 0) is 62.5 Å². The van der Waals surface area contributed by atoms with Gasteiger partial charge in [0.05, 0.1) is 5.56 Å². The lowest BCUT2D eigenvalue weighted by atomic mass is 10.0. The number of hydrogen-bond donors (Lipinski definition) is 1. The molecule has 0 radical (unpaired) electrons. The Hall–Kier alpha value is -3.01. The number of rotatable bonds is 4. The molecule has 2 aromatic carbocycles. The summed E-state index contributed by atoms with van der Waals surface area (Å²) >= 11 is 0. The fraction of sp³-hybridized carbons (Fsp3) is 0.417. The van der Waals surface area contributed by atoms with Gasteiger partial charge in [-0.2, -0.15) is 13.2 Å². The molecule has 0 saturated carbocycles. The summed E-state index contributed by atoms with van der Waals surface area (Å²) in [6.45, 7) is 3.72. The molecular weight excluding hydrogens is 459 g/mol. The minimum absolute atomic E-state index is 0.0726. The molecule has 2 saturated heterocycles. The van der Waals surface area contributed by atoms with Gasteiger partial charge in [-0.1, -0.05) is 24.3 Å². The summed E-state index contributed by atoms with van der Waals surface area (Å²) in [6.07, 6.45) is -0.726. The van der Waals surface area contributed by atoms with Crippen molar-refractivity contribution in [2.45, 2.75) is 37.9 Å². The van der Waals surface area contributed by atoms with E-state index in [-0.39, 0.29) is 17.5 Å². The van der Waals surface area contributed by atoms with Gasteiger partial charge in [0.2, 0.25) is 0 Å². The topological polar surface area (TPSA) is 60.9 Å². The van der Waals surface area contributed by atoms with E-state index in [1.807, 2.05) is 4.90 Å². The second-order valence-electron chi connectivity index (χ2n) is 8.28. The predicted octanol–water partition coefficient (Wildman–Crippen LogP) is 4.97. The number of carbonyl (C=O) groups is 2. The molecule has 2 aromatic rings. The van der Waals surface area contributed by atoms with Crippen LogP contribution in [0.5, 0.6) is 0 Å². The molecule has 2 fully saturated rings. The molecule has 0 unspecified atom stereocenters. The number of likely N-dealkylation sites (tertiary alicyclic amines) is 2. The molecule has 34 heavy (non-hydrogen) atoms. The van der Waals surface area contributed by atoms with E-state index in [4.69, 9.17) is 9.90 Å². The number of aliphatic carboxylic acids is 1. The fourth-order valence-corrected chi connectivity index (χ4v) is 4.26. The standard InChI is InChI=1S/C22H24F2N2O.C2HF3O2/c23-20-8-2-1-7-18(20)16-9-10-19(21(24)14-16)22(27)26-13-5-6-17(26)15-25-11-3-4-12-25;3-2(4,5)1(6)7/h1-2,7-10,14,17H,3-6,11-13,15H2;(H,6,7)/t17-;/m0./s1. The summed E-state index contributed by atoms with van der Waals surface area (Å²) in [5.41, 5.74) is 0.851. The lowest BCUT2D eigenvalue weighted by Crippen LogP contribution is -2.42. The first kappa shape index (κ1) is 25.6. The van der Waals surface area contributed by atoms with Gasteiger partial charge in [0.1, 0.15) is 11.6 Å². The molecule has 0 spiro atoms. The number of nitrogens with zero attached hydrogens (tertiary/aromatic N) is 2. The third-order valence-electron chi connectivity index (χ3n) is 5.93. The van der Waals surface area contributed by atoms with E-state index in [0.29, 0.717) is 17.7 Å². The van der Waals surface area contributed by atoms with Gasteiger partial charge in [-0.3, -0.25) is 4.79 Å². The van der Waals surface area contributed by atoms with Crippen molar-refractivity contribution >= 4 is 11.9 Å². The summed E-state index contributed by atoms with van der Waals surface area (Å²) in [4.78, 5) is 26.1. The third kappa shape index (κ3) is 6.31. The Labute approximate surface area is 193 Å². The molecule has 1 amide bonds. The highest BCUT2D eigenvalue weighted by Crippen LogP contribution is 2.27. The number of alkyl halides is 3.